The van der Waals surface area contributed by atoms with E-state index in [2.05, 4.69) is 15.5 Å². The Labute approximate surface area is 206 Å². The number of nitrogens with two attached hydrogens (primary N) is 1. The van der Waals surface area contributed by atoms with Crippen LogP contribution in [-0.4, -0.2) is 40.8 Å². The first-order valence-electron chi connectivity index (χ1n) is 10.4. The lowest BCUT2D eigenvalue weighted by molar-refractivity contribution is -0.119. The zero-order valence-corrected chi connectivity index (χ0v) is 20.7. The monoisotopic (exact) mass is 495 g/mol. The van der Waals surface area contributed by atoms with Crippen LogP contribution >= 0.6 is 23.1 Å². The average Bonchev–Trinajstić information content (AvgIpc) is 3.51. The van der Waals surface area contributed by atoms with Crippen LogP contribution in [0, 0.1) is 6.92 Å². The fourth-order valence-electron chi connectivity index (χ4n) is 3.41. The number of thiophene rings is 1. The predicted molar refractivity (Wildman–Crippen MR) is 135 cm³/mol. The summed E-state index contributed by atoms with van der Waals surface area (Å²) in [6.07, 6.45) is 0. The fraction of sp³-hybridized carbons (Fsp3) is 0.208. The Bertz CT molecular complexity index is 1260. The number of nitrogens with one attached hydrogen (secondary N) is 1. The van der Waals surface area contributed by atoms with Gasteiger partial charge in [0.1, 0.15) is 11.5 Å². The Morgan fingerprint density at radius 2 is 1.94 bits per heavy atom. The predicted octanol–water partition coefficient (Wildman–Crippen LogP) is 4.04. The Hall–Kier alpha value is -3.50. The lowest BCUT2D eigenvalue weighted by atomic mass is 10.0. The molecule has 0 fully saturated rings. The number of nitrogens with zero attached hydrogens (tertiary/aromatic N) is 3. The third-order valence-corrected chi connectivity index (χ3v) is 7.07. The van der Waals surface area contributed by atoms with Gasteiger partial charge in [-0.2, -0.15) is 0 Å². The van der Waals surface area contributed by atoms with Crippen molar-refractivity contribution < 1.29 is 14.3 Å². The smallest absolute Gasteiger partial charge is 0.231 e. The number of aryl methyl sites for hydroxylation is 1. The van der Waals surface area contributed by atoms with Crippen molar-refractivity contribution in [3.05, 3.63) is 76.0 Å². The summed E-state index contributed by atoms with van der Waals surface area (Å²) in [5, 5.41) is 13.9. The maximum atomic E-state index is 12.9. The second kappa shape index (κ2) is 10.6. The summed E-state index contributed by atoms with van der Waals surface area (Å²) < 4.78 is 12.0. The normalized spacial score (nSPS) is 11.7. The van der Waals surface area contributed by atoms with Crippen LogP contribution in [-0.2, 0) is 4.79 Å². The van der Waals surface area contributed by atoms with Crippen LogP contribution in [0.3, 0.4) is 0 Å². The number of thioether (sulfide) groups is 1. The van der Waals surface area contributed by atoms with Crippen molar-refractivity contribution in [2.24, 2.45) is 0 Å². The number of rotatable bonds is 9. The van der Waals surface area contributed by atoms with Gasteiger partial charge in [-0.3, -0.25) is 4.79 Å². The maximum absolute atomic E-state index is 12.9. The third kappa shape index (κ3) is 5.18. The molecule has 1 unspecified atom stereocenters. The summed E-state index contributed by atoms with van der Waals surface area (Å²) >= 11 is 2.83. The molecule has 2 heterocycles. The van der Waals surface area contributed by atoms with E-state index in [0.717, 1.165) is 10.4 Å². The van der Waals surface area contributed by atoms with Crippen LogP contribution < -0.4 is 20.6 Å². The second-order valence-electron chi connectivity index (χ2n) is 7.46. The molecule has 10 heteroatoms. The quantitative estimate of drug-likeness (QED) is 0.267. The van der Waals surface area contributed by atoms with E-state index < -0.39 is 0 Å². The van der Waals surface area contributed by atoms with E-state index in [9.17, 15) is 4.79 Å². The van der Waals surface area contributed by atoms with Gasteiger partial charge in [0.15, 0.2) is 5.82 Å². The molecule has 0 saturated heterocycles. The first kappa shape index (κ1) is 23.7. The molecule has 1 amide bonds. The highest BCUT2D eigenvalue weighted by atomic mass is 32.2. The molecule has 0 aliphatic heterocycles. The lowest BCUT2D eigenvalue weighted by Gasteiger charge is -2.18. The highest BCUT2D eigenvalue weighted by Gasteiger charge is 2.20. The van der Waals surface area contributed by atoms with Crippen molar-refractivity contribution in [3.63, 3.8) is 0 Å². The molecular weight excluding hydrogens is 470 g/mol. The molecule has 3 N–H and O–H groups in total. The van der Waals surface area contributed by atoms with Crippen molar-refractivity contribution in [2.45, 2.75) is 18.1 Å². The van der Waals surface area contributed by atoms with Gasteiger partial charge in [-0.05, 0) is 36.1 Å². The summed E-state index contributed by atoms with van der Waals surface area (Å²) in [7, 11) is 3.15. The standard InChI is InChI=1S/C24H25N5O3S2/c1-15-6-8-16(9-7-15)22(20-5-4-12-33-20)26-21(30)14-34-24-28-27-23(29(24)25)18-11-10-17(31-2)13-19(18)32-3/h4-13,22H,14,25H2,1-3H3,(H,26,30). The largest absolute Gasteiger partial charge is 0.497 e. The minimum absolute atomic E-state index is 0.129. The number of hydrogen-bond donors (Lipinski definition) is 2. The summed E-state index contributed by atoms with van der Waals surface area (Å²) in [5.74, 6) is 7.91. The number of ether oxygens (including phenoxy) is 2. The molecule has 0 aliphatic rings. The van der Waals surface area contributed by atoms with Gasteiger partial charge in [0.05, 0.1) is 31.6 Å². The summed E-state index contributed by atoms with van der Waals surface area (Å²) in [6, 6.07) is 17.3. The SMILES string of the molecule is COc1ccc(-c2nnc(SCC(=O)NC(c3ccc(C)cc3)c3cccs3)n2N)c(OC)c1. The Morgan fingerprint density at radius 1 is 1.15 bits per heavy atom. The molecule has 2 aromatic heterocycles. The highest BCUT2D eigenvalue weighted by Crippen LogP contribution is 2.33. The third-order valence-electron chi connectivity index (χ3n) is 5.19. The Kier molecular flexibility index (Phi) is 7.39. The number of nitrogen functional groups attached to an aromatic ring is 1. The van der Waals surface area contributed by atoms with Crippen molar-refractivity contribution in [2.75, 3.05) is 25.8 Å². The van der Waals surface area contributed by atoms with Crippen LogP contribution in [0.25, 0.3) is 11.4 Å². The molecule has 4 rings (SSSR count). The number of methoxy groups -OCH3 is 2. The van der Waals surface area contributed by atoms with Gasteiger partial charge >= 0.3 is 0 Å². The first-order valence-corrected chi connectivity index (χ1v) is 12.3. The van der Waals surface area contributed by atoms with Crippen LogP contribution in [0.4, 0.5) is 0 Å². The van der Waals surface area contributed by atoms with E-state index in [0.29, 0.717) is 28.0 Å². The molecular formula is C24H25N5O3S2. The van der Waals surface area contributed by atoms with E-state index >= 15 is 0 Å². The van der Waals surface area contributed by atoms with E-state index in [-0.39, 0.29) is 17.7 Å². The zero-order valence-electron chi connectivity index (χ0n) is 19.0. The molecule has 0 aliphatic carbocycles. The highest BCUT2D eigenvalue weighted by molar-refractivity contribution is 7.99. The number of carbonyl (C=O) groups is 1. The molecule has 34 heavy (non-hydrogen) atoms. The number of amides is 1. The van der Waals surface area contributed by atoms with Crippen LogP contribution in [0.5, 0.6) is 11.5 Å². The van der Waals surface area contributed by atoms with Gasteiger partial charge in [-0.25, -0.2) is 4.68 Å². The molecule has 0 saturated carbocycles. The minimum Gasteiger partial charge on any atom is -0.497 e. The number of carbonyl (C=O) groups excluding carboxylic acids is 1. The molecule has 1 atom stereocenters. The molecule has 0 spiro atoms. The van der Waals surface area contributed by atoms with Crippen LogP contribution in [0.15, 0.2) is 65.1 Å². The summed E-state index contributed by atoms with van der Waals surface area (Å²) in [4.78, 5) is 13.9. The molecule has 2 aromatic carbocycles. The van der Waals surface area contributed by atoms with Gasteiger partial charge < -0.3 is 20.6 Å². The Morgan fingerprint density at radius 3 is 2.62 bits per heavy atom. The molecule has 4 aromatic rings. The van der Waals surface area contributed by atoms with Crippen molar-refractivity contribution in [3.8, 4) is 22.9 Å². The van der Waals surface area contributed by atoms with Crippen LogP contribution in [0.2, 0.25) is 0 Å². The maximum Gasteiger partial charge on any atom is 0.231 e. The summed E-state index contributed by atoms with van der Waals surface area (Å²) in [5.41, 5.74) is 2.87. The number of hydrogen-bond acceptors (Lipinski definition) is 8. The number of benzene rings is 2. The molecule has 0 radical (unpaired) electrons. The van der Waals surface area contributed by atoms with Crippen molar-refractivity contribution in [1.82, 2.24) is 20.2 Å². The van der Waals surface area contributed by atoms with E-state index in [1.54, 1.807) is 43.8 Å². The topological polar surface area (TPSA) is 104 Å². The zero-order chi connectivity index (χ0) is 24.1. The van der Waals surface area contributed by atoms with E-state index in [1.807, 2.05) is 48.7 Å². The summed E-state index contributed by atoms with van der Waals surface area (Å²) in [6.45, 7) is 2.04. The van der Waals surface area contributed by atoms with Crippen molar-refractivity contribution in [1.29, 1.82) is 0 Å². The first-order chi connectivity index (χ1) is 16.5. The van der Waals surface area contributed by atoms with E-state index in [1.165, 1.54) is 22.0 Å². The van der Waals surface area contributed by atoms with E-state index in [4.69, 9.17) is 15.3 Å². The van der Waals surface area contributed by atoms with Gasteiger partial charge in [-0.1, -0.05) is 47.7 Å². The van der Waals surface area contributed by atoms with Gasteiger partial charge in [0.25, 0.3) is 0 Å². The Balaban J connectivity index is 1.47. The second-order valence-corrected chi connectivity index (χ2v) is 9.38. The van der Waals surface area contributed by atoms with Crippen molar-refractivity contribution >= 4 is 29.0 Å². The molecule has 0 bridgehead atoms. The van der Waals surface area contributed by atoms with Gasteiger partial charge in [0, 0.05) is 10.9 Å². The molecule has 176 valence electrons. The number of aromatic nitrogens is 3. The van der Waals surface area contributed by atoms with Crippen LogP contribution in [0.1, 0.15) is 22.0 Å². The minimum atomic E-state index is -0.219. The lowest BCUT2D eigenvalue weighted by Crippen LogP contribution is -2.30. The van der Waals surface area contributed by atoms with Gasteiger partial charge in [-0.15, -0.1) is 21.5 Å². The average molecular weight is 496 g/mol. The van der Waals surface area contributed by atoms with Gasteiger partial charge in [0.2, 0.25) is 11.1 Å². The fourth-order valence-corrected chi connectivity index (χ4v) is 4.88. The molecule has 8 nitrogen and oxygen atoms in total.